The van der Waals surface area contributed by atoms with Crippen molar-refractivity contribution in [3.63, 3.8) is 0 Å². The Morgan fingerprint density at radius 1 is 1.22 bits per heavy atom. The number of carbonyl (C=O) groups is 3. The zero-order chi connectivity index (χ0) is 23.3. The first-order valence-electron chi connectivity index (χ1n) is 10.9. The minimum atomic E-state index is -0.492. The normalized spacial score (nSPS) is 19.9. The summed E-state index contributed by atoms with van der Waals surface area (Å²) in [5, 5.41) is 6.31. The number of carbonyl (C=O) groups excluding carboxylic acids is 3. The van der Waals surface area contributed by atoms with Crippen LogP contribution in [0.25, 0.3) is 0 Å². The minimum absolute atomic E-state index is 0.0947. The Labute approximate surface area is 198 Å². The van der Waals surface area contributed by atoms with E-state index in [0.717, 1.165) is 12.8 Å². The van der Waals surface area contributed by atoms with Crippen LogP contribution in [0.15, 0.2) is 11.2 Å². The quantitative estimate of drug-likeness (QED) is 0.373. The first kappa shape index (κ1) is 24.6. The van der Waals surface area contributed by atoms with Gasteiger partial charge in [-0.1, -0.05) is 44.1 Å². The van der Waals surface area contributed by atoms with Crippen molar-refractivity contribution >= 4 is 46.9 Å². The lowest BCUT2D eigenvalue weighted by molar-refractivity contribution is -0.139. The average molecular weight is 483 g/mol. The molecule has 2 N–H and O–H groups in total. The molecule has 2 saturated heterocycles. The number of hydrogen-bond donors (Lipinski definition) is 2. The SMILES string of the molecule is CC(C)(C)C(=O)N1CCN(c2cc(Cl)nc(SCC(=O)NC3CCCCNC3=O)n2)CC1. The van der Waals surface area contributed by atoms with Crippen molar-refractivity contribution in [2.24, 2.45) is 5.41 Å². The van der Waals surface area contributed by atoms with Crippen molar-refractivity contribution in [1.82, 2.24) is 25.5 Å². The van der Waals surface area contributed by atoms with Gasteiger partial charge in [-0.2, -0.15) is 0 Å². The van der Waals surface area contributed by atoms with E-state index in [0.29, 0.717) is 55.3 Å². The molecule has 1 unspecified atom stereocenters. The maximum atomic E-state index is 12.5. The first-order valence-corrected chi connectivity index (χ1v) is 12.3. The number of hydrogen-bond acceptors (Lipinski definition) is 7. The molecule has 2 aliphatic rings. The lowest BCUT2D eigenvalue weighted by Gasteiger charge is -2.38. The monoisotopic (exact) mass is 482 g/mol. The average Bonchev–Trinajstić information content (AvgIpc) is 2.95. The van der Waals surface area contributed by atoms with Gasteiger partial charge >= 0.3 is 0 Å². The van der Waals surface area contributed by atoms with E-state index in [-0.39, 0.29) is 23.5 Å². The van der Waals surface area contributed by atoms with Crippen molar-refractivity contribution in [2.45, 2.75) is 51.2 Å². The fraction of sp³-hybridized carbons (Fsp3) is 0.667. The van der Waals surface area contributed by atoms with Gasteiger partial charge in [-0.15, -0.1) is 0 Å². The number of nitrogens with one attached hydrogen (secondary N) is 2. The van der Waals surface area contributed by atoms with Gasteiger partial charge in [0.25, 0.3) is 0 Å². The van der Waals surface area contributed by atoms with E-state index in [9.17, 15) is 14.4 Å². The highest BCUT2D eigenvalue weighted by Crippen LogP contribution is 2.24. The summed E-state index contributed by atoms with van der Waals surface area (Å²) in [6, 6.07) is 1.21. The number of amides is 3. The lowest BCUT2D eigenvalue weighted by Crippen LogP contribution is -2.51. The molecular formula is C21H31ClN6O3S. The Balaban J connectivity index is 1.55. The summed E-state index contributed by atoms with van der Waals surface area (Å²) in [6.45, 7) is 8.96. The maximum Gasteiger partial charge on any atom is 0.242 e. The van der Waals surface area contributed by atoms with Crippen LogP contribution >= 0.6 is 23.4 Å². The van der Waals surface area contributed by atoms with Crippen LogP contribution in [0.5, 0.6) is 0 Å². The Kier molecular flexibility index (Phi) is 8.21. The van der Waals surface area contributed by atoms with Crippen LogP contribution in [0, 0.1) is 5.41 Å². The molecule has 0 aliphatic carbocycles. The van der Waals surface area contributed by atoms with Crippen LogP contribution in [0.2, 0.25) is 5.15 Å². The molecule has 32 heavy (non-hydrogen) atoms. The number of aromatic nitrogens is 2. The second-order valence-electron chi connectivity index (χ2n) is 9.06. The Bertz CT molecular complexity index is 854. The van der Waals surface area contributed by atoms with Gasteiger partial charge < -0.3 is 20.4 Å². The number of piperazine rings is 1. The Morgan fingerprint density at radius 2 is 1.94 bits per heavy atom. The largest absolute Gasteiger partial charge is 0.354 e. The van der Waals surface area contributed by atoms with Gasteiger partial charge in [-0.25, -0.2) is 9.97 Å². The van der Waals surface area contributed by atoms with E-state index < -0.39 is 11.5 Å². The van der Waals surface area contributed by atoms with Crippen molar-refractivity contribution in [3.05, 3.63) is 11.2 Å². The van der Waals surface area contributed by atoms with Crippen molar-refractivity contribution in [2.75, 3.05) is 43.4 Å². The molecule has 1 aromatic heterocycles. The van der Waals surface area contributed by atoms with Gasteiger partial charge in [0.15, 0.2) is 5.16 Å². The van der Waals surface area contributed by atoms with Crippen LogP contribution in [-0.2, 0) is 14.4 Å². The molecular weight excluding hydrogens is 452 g/mol. The summed E-state index contributed by atoms with van der Waals surface area (Å²) in [4.78, 5) is 49.6. The second-order valence-corrected chi connectivity index (χ2v) is 10.4. The first-order chi connectivity index (χ1) is 15.1. The lowest BCUT2D eigenvalue weighted by atomic mass is 9.94. The molecule has 9 nitrogen and oxygen atoms in total. The van der Waals surface area contributed by atoms with Gasteiger partial charge in [-0.3, -0.25) is 14.4 Å². The summed E-state index contributed by atoms with van der Waals surface area (Å²) in [7, 11) is 0. The van der Waals surface area contributed by atoms with Gasteiger partial charge in [0.1, 0.15) is 17.0 Å². The molecule has 3 amide bonds. The smallest absolute Gasteiger partial charge is 0.242 e. The highest BCUT2D eigenvalue weighted by atomic mass is 35.5. The van der Waals surface area contributed by atoms with E-state index in [4.69, 9.17) is 11.6 Å². The van der Waals surface area contributed by atoms with Gasteiger partial charge in [0.2, 0.25) is 17.7 Å². The second kappa shape index (κ2) is 10.7. The molecule has 0 spiro atoms. The predicted molar refractivity (Wildman–Crippen MR) is 125 cm³/mol. The number of rotatable bonds is 5. The summed E-state index contributed by atoms with van der Waals surface area (Å²) < 4.78 is 0. The predicted octanol–water partition coefficient (Wildman–Crippen LogP) is 1.70. The topological polar surface area (TPSA) is 108 Å². The Morgan fingerprint density at radius 3 is 2.62 bits per heavy atom. The van der Waals surface area contributed by atoms with Gasteiger partial charge in [-0.05, 0) is 19.3 Å². The minimum Gasteiger partial charge on any atom is -0.354 e. The standard InChI is InChI=1S/C21H31ClN6O3S/c1-21(2,3)19(31)28-10-8-27(9-11-28)16-12-15(22)25-20(26-16)32-13-17(29)24-14-6-4-5-7-23-18(14)30/h12,14H,4-11,13H2,1-3H3,(H,23,30)(H,24,29). The molecule has 11 heteroatoms. The van der Waals surface area contributed by atoms with E-state index in [2.05, 4.69) is 25.5 Å². The third kappa shape index (κ3) is 6.71. The van der Waals surface area contributed by atoms with Crippen molar-refractivity contribution in [3.8, 4) is 0 Å². The molecule has 1 atom stereocenters. The molecule has 2 aliphatic heterocycles. The summed E-state index contributed by atoms with van der Waals surface area (Å²) in [5.74, 6) is 0.543. The van der Waals surface area contributed by atoms with Crippen LogP contribution in [0.4, 0.5) is 5.82 Å². The highest BCUT2D eigenvalue weighted by Gasteiger charge is 2.30. The number of halogens is 1. The van der Waals surface area contributed by atoms with E-state index in [1.165, 1.54) is 11.8 Å². The van der Waals surface area contributed by atoms with Gasteiger partial charge in [0, 0.05) is 44.2 Å². The molecule has 1 aromatic rings. The summed E-state index contributed by atoms with van der Waals surface area (Å²) in [5.41, 5.74) is -0.401. The number of nitrogens with zero attached hydrogens (tertiary/aromatic N) is 4. The zero-order valence-electron chi connectivity index (χ0n) is 18.8. The van der Waals surface area contributed by atoms with E-state index in [1.54, 1.807) is 6.07 Å². The maximum absolute atomic E-state index is 12.5. The van der Waals surface area contributed by atoms with E-state index >= 15 is 0 Å². The highest BCUT2D eigenvalue weighted by molar-refractivity contribution is 7.99. The fourth-order valence-electron chi connectivity index (χ4n) is 3.67. The molecule has 3 rings (SSSR count). The molecule has 176 valence electrons. The molecule has 0 aromatic carbocycles. The summed E-state index contributed by atoms with van der Waals surface area (Å²) >= 11 is 7.39. The molecule has 0 bridgehead atoms. The summed E-state index contributed by atoms with van der Waals surface area (Å²) in [6.07, 6.45) is 2.46. The fourth-order valence-corrected chi connectivity index (χ4v) is 4.56. The third-order valence-electron chi connectivity index (χ3n) is 5.40. The number of thioether (sulfide) groups is 1. The number of anilines is 1. The van der Waals surface area contributed by atoms with Crippen LogP contribution < -0.4 is 15.5 Å². The third-order valence-corrected chi connectivity index (χ3v) is 6.44. The molecule has 0 radical (unpaired) electrons. The zero-order valence-corrected chi connectivity index (χ0v) is 20.4. The van der Waals surface area contributed by atoms with Crippen LogP contribution in [0.3, 0.4) is 0 Å². The van der Waals surface area contributed by atoms with Crippen LogP contribution in [0.1, 0.15) is 40.0 Å². The Hall–Kier alpha value is -2.07. The van der Waals surface area contributed by atoms with Crippen LogP contribution in [-0.4, -0.2) is 77.1 Å². The molecule has 3 heterocycles. The van der Waals surface area contributed by atoms with Gasteiger partial charge in [0.05, 0.1) is 5.75 Å². The van der Waals surface area contributed by atoms with E-state index in [1.807, 2.05) is 25.7 Å². The molecule has 2 fully saturated rings. The molecule has 0 saturated carbocycles. The van der Waals surface area contributed by atoms with Crippen molar-refractivity contribution < 1.29 is 14.4 Å². The van der Waals surface area contributed by atoms with Crippen molar-refractivity contribution in [1.29, 1.82) is 0 Å².